The Hall–Kier alpha value is -4.45. The smallest absolute Gasteiger partial charge is 0.354 e. The topological polar surface area (TPSA) is 93.5 Å². The normalized spacial score (nSPS) is 12.0. The number of para-hydroxylation sites is 1. The van der Waals surface area contributed by atoms with E-state index in [0.29, 0.717) is 5.69 Å². The second-order valence-electron chi connectivity index (χ2n) is 9.01. The van der Waals surface area contributed by atoms with Crippen molar-refractivity contribution < 1.29 is 14.7 Å². The lowest BCUT2D eigenvalue weighted by Crippen LogP contribution is -2.28. The number of hydrogen-bond acceptors (Lipinski definition) is 4. The van der Waals surface area contributed by atoms with Gasteiger partial charge in [-0.2, -0.15) is 0 Å². The summed E-state index contributed by atoms with van der Waals surface area (Å²) in [5.41, 5.74) is 5.11. The van der Waals surface area contributed by atoms with Crippen molar-refractivity contribution in [3.05, 3.63) is 114 Å². The average molecular weight is 526 g/mol. The van der Waals surface area contributed by atoms with E-state index in [1.807, 2.05) is 6.08 Å². The number of carbonyl (C=O) groups excluding carboxylic acids is 1. The third kappa shape index (κ3) is 9.74. The maximum absolute atomic E-state index is 11.7. The number of carboxylic acids is 1. The lowest BCUT2D eigenvalue weighted by molar-refractivity contribution is -0.129. The summed E-state index contributed by atoms with van der Waals surface area (Å²) in [7, 11) is 0. The van der Waals surface area contributed by atoms with Crippen molar-refractivity contribution in [2.24, 2.45) is 0 Å². The molecule has 0 fully saturated rings. The van der Waals surface area contributed by atoms with Crippen molar-refractivity contribution in [1.82, 2.24) is 0 Å². The van der Waals surface area contributed by atoms with Crippen molar-refractivity contribution in [3.8, 4) is 0 Å². The third-order valence-electron chi connectivity index (χ3n) is 5.82. The first kappa shape index (κ1) is 30.8. The van der Waals surface area contributed by atoms with Crippen LogP contribution in [0.25, 0.3) is 6.08 Å². The van der Waals surface area contributed by atoms with Crippen LogP contribution in [-0.4, -0.2) is 29.2 Å². The van der Waals surface area contributed by atoms with Gasteiger partial charge in [-0.25, -0.2) is 4.79 Å². The molecule has 0 saturated heterocycles. The summed E-state index contributed by atoms with van der Waals surface area (Å²) in [4.78, 5) is 24.8. The molecule has 0 atom stereocenters. The Labute approximate surface area is 232 Å². The number of allylic oxidation sites excluding steroid dienone is 1. The van der Waals surface area contributed by atoms with E-state index in [0.717, 1.165) is 13.1 Å². The molecule has 204 valence electrons. The largest absolute Gasteiger partial charge is 0.477 e. The molecule has 6 nitrogen and oxygen atoms in total. The van der Waals surface area contributed by atoms with Gasteiger partial charge in [0.05, 0.1) is 5.57 Å². The van der Waals surface area contributed by atoms with Crippen LogP contribution in [0.1, 0.15) is 50.3 Å². The monoisotopic (exact) mass is 525 g/mol. The third-order valence-corrected chi connectivity index (χ3v) is 5.82. The zero-order valence-electron chi connectivity index (χ0n) is 23.1. The molecule has 3 aromatic rings. The number of carbonyl (C=O) groups is 2. The lowest BCUT2D eigenvalue weighted by Gasteiger charge is -2.31. The van der Waals surface area contributed by atoms with Crippen LogP contribution >= 0.6 is 0 Å². The van der Waals surface area contributed by atoms with Crippen molar-refractivity contribution in [2.75, 3.05) is 16.8 Å². The maximum atomic E-state index is 11.7. The second kappa shape index (κ2) is 16.4. The Morgan fingerprint density at radius 1 is 1.03 bits per heavy atom. The molecule has 3 N–H and O–H groups in total. The Balaban J connectivity index is 0.000000250. The number of nitrogens with zero attached hydrogens (tertiary/aromatic N) is 1. The van der Waals surface area contributed by atoms with E-state index in [1.54, 1.807) is 30.3 Å². The summed E-state index contributed by atoms with van der Waals surface area (Å²) >= 11 is 0. The van der Waals surface area contributed by atoms with E-state index in [1.165, 1.54) is 54.6 Å². The molecule has 0 radical (unpaired) electrons. The minimum Gasteiger partial charge on any atom is -0.477 e. The first-order chi connectivity index (χ1) is 18.8. The van der Waals surface area contributed by atoms with E-state index in [-0.39, 0.29) is 5.57 Å². The molecule has 0 aliphatic carbocycles. The molecule has 0 unspecified atom stereocenters. The van der Waals surface area contributed by atoms with Gasteiger partial charge in [0.25, 0.3) is 5.91 Å². The summed E-state index contributed by atoms with van der Waals surface area (Å²) in [5.74, 6) is -2.03. The molecule has 1 aliphatic rings. The summed E-state index contributed by atoms with van der Waals surface area (Å²) in [6.45, 7) is 11.8. The maximum Gasteiger partial charge on any atom is 0.354 e. The van der Waals surface area contributed by atoms with E-state index in [2.05, 4.69) is 79.2 Å². The molecule has 1 aliphatic heterocycles. The fourth-order valence-corrected chi connectivity index (χ4v) is 4.01. The Morgan fingerprint density at radius 2 is 1.64 bits per heavy atom. The van der Waals surface area contributed by atoms with Crippen LogP contribution in [0, 0.1) is 5.41 Å². The van der Waals surface area contributed by atoms with Crippen LogP contribution in [0.3, 0.4) is 0 Å². The highest BCUT2D eigenvalue weighted by atomic mass is 16.4. The van der Waals surface area contributed by atoms with Crippen LogP contribution in [0.15, 0.2) is 97.1 Å². The first-order valence-electron chi connectivity index (χ1n) is 13.2. The van der Waals surface area contributed by atoms with Gasteiger partial charge in [-0.1, -0.05) is 93.6 Å². The molecule has 6 heteroatoms. The van der Waals surface area contributed by atoms with Gasteiger partial charge >= 0.3 is 5.97 Å². The minimum atomic E-state index is -1.43. The van der Waals surface area contributed by atoms with Crippen LogP contribution < -0.4 is 10.2 Å². The lowest BCUT2D eigenvalue weighted by atomic mass is 9.98. The van der Waals surface area contributed by atoms with Gasteiger partial charge in [-0.3, -0.25) is 10.2 Å². The van der Waals surface area contributed by atoms with Crippen molar-refractivity contribution in [3.63, 3.8) is 0 Å². The Kier molecular flexibility index (Phi) is 12.9. The zero-order valence-corrected chi connectivity index (χ0v) is 23.1. The summed E-state index contributed by atoms with van der Waals surface area (Å²) in [5, 5.41) is 18.4. The molecule has 1 amide bonds. The SMILES string of the molecule is C/C=C(/C(=N)C(=O)O)C(=O)Nc1ccccc1.C=Cc1ccc2c(c1)CCCN2Cc1ccccc1.CCC. The van der Waals surface area contributed by atoms with Crippen LogP contribution in [0.2, 0.25) is 0 Å². The number of carboxylic acid groups (broad SMARTS) is 1. The fraction of sp³-hybridized carbons (Fsp3) is 0.242. The molecule has 3 aromatic carbocycles. The number of nitrogens with one attached hydrogen (secondary N) is 2. The first-order valence-corrected chi connectivity index (χ1v) is 13.2. The number of benzene rings is 3. The zero-order chi connectivity index (χ0) is 28.6. The Morgan fingerprint density at radius 3 is 2.21 bits per heavy atom. The van der Waals surface area contributed by atoms with Gasteiger partial charge in [-0.05, 0) is 60.7 Å². The molecular weight excluding hydrogens is 486 g/mol. The quantitative estimate of drug-likeness (QED) is 0.222. The molecule has 0 spiro atoms. The average Bonchev–Trinajstić information content (AvgIpc) is 2.95. The molecule has 39 heavy (non-hydrogen) atoms. The summed E-state index contributed by atoms with van der Waals surface area (Å²) in [6, 6.07) is 26.0. The second-order valence-corrected chi connectivity index (χ2v) is 9.01. The number of anilines is 2. The molecule has 1 heterocycles. The van der Waals surface area contributed by atoms with Crippen LogP contribution in [0.5, 0.6) is 0 Å². The van der Waals surface area contributed by atoms with E-state index >= 15 is 0 Å². The molecule has 0 bridgehead atoms. The van der Waals surface area contributed by atoms with Gasteiger partial charge in [0, 0.05) is 24.5 Å². The van der Waals surface area contributed by atoms with Gasteiger partial charge < -0.3 is 15.3 Å². The summed E-state index contributed by atoms with van der Waals surface area (Å²) in [6.07, 6.45) is 6.90. The highest BCUT2D eigenvalue weighted by molar-refractivity contribution is 6.48. The number of aryl methyl sites for hydroxylation is 1. The number of rotatable bonds is 7. The fourth-order valence-electron chi connectivity index (χ4n) is 4.01. The van der Waals surface area contributed by atoms with Crippen molar-refractivity contribution in [1.29, 1.82) is 5.41 Å². The van der Waals surface area contributed by atoms with E-state index in [9.17, 15) is 9.59 Å². The predicted molar refractivity (Wildman–Crippen MR) is 163 cm³/mol. The number of hydrogen-bond donors (Lipinski definition) is 3. The van der Waals surface area contributed by atoms with Crippen LogP contribution in [-0.2, 0) is 22.6 Å². The molecule has 4 rings (SSSR count). The highest BCUT2D eigenvalue weighted by Gasteiger charge is 2.19. The minimum absolute atomic E-state index is 0.165. The van der Waals surface area contributed by atoms with Gasteiger partial charge in [0.1, 0.15) is 0 Å². The summed E-state index contributed by atoms with van der Waals surface area (Å²) < 4.78 is 0. The standard InChI is InChI=1S/C18H19N.C12H12N2O3.C3H8/c1-2-15-10-11-18-17(13-15)9-6-12-19(18)14-16-7-4-3-5-8-16;1-2-9(10(13)12(16)17)11(15)14-8-6-4-3-5-7-8;1-3-2/h2-5,7-8,10-11,13H,1,6,9,12,14H2;2-7,13H,1H3,(H,14,15)(H,16,17);3H2,1-2H3/b;9-2-,13-10?;. The predicted octanol–water partition coefficient (Wildman–Crippen LogP) is 7.37. The van der Waals surface area contributed by atoms with Gasteiger partial charge in [0.2, 0.25) is 0 Å². The number of fused-ring (bicyclic) bond motifs is 1. The molecule has 0 aromatic heterocycles. The van der Waals surface area contributed by atoms with Crippen molar-refractivity contribution >= 4 is 35.0 Å². The van der Waals surface area contributed by atoms with Crippen LogP contribution in [0.4, 0.5) is 11.4 Å². The number of aliphatic carboxylic acids is 1. The van der Waals surface area contributed by atoms with Gasteiger partial charge in [0.15, 0.2) is 5.71 Å². The van der Waals surface area contributed by atoms with Gasteiger partial charge in [-0.15, -0.1) is 0 Å². The molecular formula is C33H39N3O3. The van der Waals surface area contributed by atoms with E-state index in [4.69, 9.17) is 10.5 Å². The highest BCUT2D eigenvalue weighted by Crippen LogP contribution is 2.29. The molecule has 0 saturated carbocycles. The van der Waals surface area contributed by atoms with E-state index < -0.39 is 17.6 Å². The number of amides is 1. The Bertz CT molecular complexity index is 1270. The van der Waals surface area contributed by atoms with Crippen molar-refractivity contribution in [2.45, 2.75) is 46.6 Å².